The summed E-state index contributed by atoms with van der Waals surface area (Å²) >= 11 is 5.20. The first-order valence-electron chi connectivity index (χ1n) is 7.03. The number of hydrogen-bond donors (Lipinski definition) is 0. The van der Waals surface area contributed by atoms with Crippen LogP contribution in [0.1, 0.15) is 25.9 Å². The number of thioether (sulfide) groups is 1. The first-order chi connectivity index (χ1) is 10.3. The Kier molecular flexibility index (Phi) is 5.09. The van der Waals surface area contributed by atoms with Gasteiger partial charge in [0.2, 0.25) is 0 Å². The van der Waals surface area contributed by atoms with Gasteiger partial charge in [-0.05, 0) is 0 Å². The molecule has 0 radical (unpaired) electrons. The number of hydrogen-bond acceptors (Lipinski definition) is 1. The molecule has 1 spiro atoms. The third-order valence-electron chi connectivity index (χ3n) is 4.45. The molecule has 2 atom stereocenters. The maximum Gasteiger partial charge on any atom is -1.00 e. The molecule has 0 N–H and O–H groups in total. The van der Waals surface area contributed by atoms with E-state index in [-0.39, 0.29) is 27.3 Å². The van der Waals surface area contributed by atoms with Crippen LogP contribution in [0.4, 0.5) is 0 Å². The van der Waals surface area contributed by atoms with Crippen LogP contribution in [0.3, 0.4) is 0 Å². The molecule has 2 aromatic rings. The Balaban J connectivity index is 0.000000781. The summed E-state index contributed by atoms with van der Waals surface area (Å²) in [5.41, 5.74) is 5.99. The molecule has 0 fully saturated rings. The van der Waals surface area contributed by atoms with Crippen molar-refractivity contribution in [1.29, 1.82) is 0 Å². The number of halogens is 3. The molecule has 3 aliphatic rings. The minimum absolute atomic E-state index is 0. The molecule has 2 aromatic carbocycles. The van der Waals surface area contributed by atoms with Gasteiger partial charge in [-0.2, -0.15) is 0 Å². The molecular formula is C18H11BrCl2SZr. The van der Waals surface area contributed by atoms with Crippen molar-refractivity contribution in [3.8, 4) is 0 Å². The quantitative estimate of drug-likeness (QED) is 0.474. The molecule has 4 bridgehead atoms. The molecule has 0 saturated carbocycles. The topological polar surface area (TPSA) is 0 Å². The molecule has 5 rings (SSSR count). The summed E-state index contributed by atoms with van der Waals surface area (Å²) in [6, 6.07) is 13.5. The van der Waals surface area contributed by atoms with E-state index in [9.17, 15) is 0 Å². The SMILES string of the molecule is Brc1cccc2c1[C]1(C=C2)Sc2cccc3c2C=C[CH]3[Zr+2]1.[Cl-].[Cl-]. The van der Waals surface area contributed by atoms with E-state index in [1.165, 1.54) is 26.1 Å². The molecule has 0 aromatic heterocycles. The number of fused-ring (bicyclic) bond motifs is 2. The van der Waals surface area contributed by atoms with Gasteiger partial charge in [0, 0.05) is 0 Å². The van der Waals surface area contributed by atoms with Crippen molar-refractivity contribution in [1.82, 2.24) is 0 Å². The summed E-state index contributed by atoms with van der Waals surface area (Å²) in [7, 11) is 0. The first-order valence-corrected chi connectivity index (χ1v) is 11.3. The molecule has 2 aliphatic carbocycles. The van der Waals surface area contributed by atoms with Gasteiger partial charge >= 0.3 is 149 Å². The Morgan fingerprint density at radius 3 is 2.74 bits per heavy atom. The largest absolute Gasteiger partial charge is 1.00 e. The zero-order valence-electron chi connectivity index (χ0n) is 11.9. The zero-order chi connectivity index (χ0) is 14.0. The van der Waals surface area contributed by atoms with Crippen molar-refractivity contribution >= 4 is 39.8 Å². The van der Waals surface area contributed by atoms with E-state index >= 15 is 0 Å². The molecule has 1 heterocycles. The van der Waals surface area contributed by atoms with E-state index in [1.807, 2.05) is 0 Å². The predicted octanol–water partition coefficient (Wildman–Crippen LogP) is -0.407. The van der Waals surface area contributed by atoms with Crippen LogP contribution in [-0.2, 0) is 25.7 Å². The smallest absolute Gasteiger partial charge is 1.00 e. The van der Waals surface area contributed by atoms with Crippen molar-refractivity contribution in [2.45, 2.75) is 11.0 Å². The minimum atomic E-state index is -0.710. The van der Waals surface area contributed by atoms with Gasteiger partial charge in [-0.1, -0.05) is 0 Å². The molecule has 5 heteroatoms. The molecule has 23 heavy (non-hydrogen) atoms. The Morgan fingerprint density at radius 2 is 1.87 bits per heavy atom. The first kappa shape index (κ1) is 18.0. The van der Waals surface area contributed by atoms with Crippen molar-refractivity contribution in [3.05, 3.63) is 75.3 Å². The third kappa shape index (κ3) is 2.59. The van der Waals surface area contributed by atoms with Crippen LogP contribution in [0.2, 0.25) is 0 Å². The van der Waals surface area contributed by atoms with Crippen LogP contribution in [0.5, 0.6) is 0 Å². The Morgan fingerprint density at radius 1 is 1.04 bits per heavy atom. The van der Waals surface area contributed by atoms with E-state index in [0.29, 0.717) is 3.63 Å². The zero-order valence-corrected chi connectivity index (χ0v) is 18.3. The van der Waals surface area contributed by atoms with Gasteiger partial charge in [0.1, 0.15) is 0 Å². The fourth-order valence-electron chi connectivity index (χ4n) is 3.52. The van der Waals surface area contributed by atoms with Gasteiger partial charge in [-0.3, -0.25) is 0 Å². The Bertz CT molecular complexity index is 849. The summed E-state index contributed by atoms with van der Waals surface area (Å²) in [4.78, 5) is 1.46. The fraction of sp³-hybridized carbons (Fsp3) is 0.111. The van der Waals surface area contributed by atoms with Gasteiger partial charge in [-0.15, -0.1) is 0 Å². The fourth-order valence-corrected chi connectivity index (χ4v) is 12.2. The van der Waals surface area contributed by atoms with Gasteiger partial charge in [0.25, 0.3) is 0 Å². The Labute approximate surface area is 172 Å². The van der Waals surface area contributed by atoms with Crippen LogP contribution in [0, 0.1) is 0 Å². The van der Waals surface area contributed by atoms with Crippen molar-refractivity contribution in [2.75, 3.05) is 0 Å². The molecule has 114 valence electrons. The van der Waals surface area contributed by atoms with Crippen LogP contribution in [0.25, 0.3) is 12.2 Å². The standard InChI is InChI=1S/C18H11BrS.2ClH.Zr/c19-15-8-2-6-13-10-11-17(18(13)15)20-16-9-3-5-12-4-1-7-14(12)16;;;/h1-11H;2*1H;/q;;;+2/p-2. The number of rotatable bonds is 0. The average molecular weight is 501 g/mol. The third-order valence-corrected chi connectivity index (χ3v) is 11.9. The van der Waals surface area contributed by atoms with Crippen molar-refractivity contribution in [3.63, 3.8) is 0 Å². The van der Waals surface area contributed by atoms with Crippen LogP contribution in [-0.4, -0.2) is 0 Å². The second kappa shape index (κ2) is 6.50. The summed E-state index contributed by atoms with van der Waals surface area (Å²) < 4.78 is 2.22. The van der Waals surface area contributed by atoms with Crippen LogP contribution >= 0.6 is 27.7 Å². The second-order valence-corrected chi connectivity index (χ2v) is 12.8. The summed E-state index contributed by atoms with van der Waals surface area (Å²) in [5, 5.41) is 0. The van der Waals surface area contributed by atoms with Crippen LogP contribution in [0.15, 0.2) is 57.9 Å². The summed E-state index contributed by atoms with van der Waals surface area (Å²) in [6.45, 7) is 0. The van der Waals surface area contributed by atoms with E-state index in [1.54, 1.807) is 5.56 Å². The maximum atomic E-state index is 3.82. The molecule has 0 nitrogen and oxygen atoms in total. The molecule has 0 amide bonds. The van der Waals surface area contributed by atoms with Gasteiger partial charge in [0.05, 0.1) is 0 Å². The summed E-state index contributed by atoms with van der Waals surface area (Å²) in [6.07, 6.45) is 9.65. The second-order valence-electron chi connectivity index (χ2n) is 5.62. The number of allylic oxidation sites excluding steroid dienone is 1. The van der Waals surface area contributed by atoms with Crippen molar-refractivity contribution in [2.24, 2.45) is 0 Å². The molecule has 2 unspecified atom stereocenters. The van der Waals surface area contributed by atoms with Crippen molar-refractivity contribution < 1.29 is 48.0 Å². The molecule has 1 aliphatic heterocycles. The Hall–Kier alpha value is 0.213. The van der Waals surface area contributed by atoms with E-state index in [0.717, 1.165) is 0 Å². The predicted molar refractivity (Wildman–Crippen MR) is 88.9 cm³/mol. The van der Waals surface area contributed by atoms with Gasteiger partial charge in [-0.25, -0.2) is 0 Å². The van der Waals surface area contributed by atoms with E-state index in [2.05, 4.69) is 88.4 Å². The van der Waals surface area contributed by atoms with Gasteiger partial charge < -0.3 is 24.8 Å². The number of benzene rings is 2. The summed E-state index contributed by atoms with van der Waals surface area (Å²) in [5.74, 6) is 0. The van der Waals surface area contributed by atoms with Crippen LogP contribution < -0.4 is 24.8 Å². The molecular weight excluding hydrogens is 490 g/mol. The minimum Gasteiger partial charge on any atom is -1.00 e. The van der Waals surface area contributed by atoms with E-state index < -0.39 is 23.2 Å². The van der Waals surface area contributed by atoms with E-state index in [4.69, 9.17) is 0 Å². The normalized spacial score (nSPS) is 24.1. The average Bonchev–Trinajstić information content (AvgIpc) is 3.01. The monoisotopic (exact) mass is 498 g/mol. The maximum absolute atomic E-state index is 3.82. The van der Waals surface area contributed by atoms with Gasteiger partial charge in [0.15, 0.2) is 0 Å². The molecule has 0 saturated heterocycles.